The summed E-state index contributed by atoms with van der Waals surface area (Å²) < 4.78 is 0. The molecule has 0 radical (unpaired) electrons. The van der Waals surface area contributed by atoms with Gasteiger partial charge >= 0.3 is 0 Å². The highest BCUT2D eigenvalue weighted by Crippen LogP contribution is 2.09. The van der Waals surface area contributed by atoms with Gasteiger partial charge in [0.15, 0.2) is 0 Å². The van der Waals surface area contributed by atoms with Crippen LogP contribution < -0.4 is 5.32 Å². The van der Waals surface area contributed by atoms with Gasteiger partial charge < -0.3 is 5.32 Å². The second kappa shape index (κ2) is 19.4. The number of benzene rings is 1. The third kappa shape index (κ3) is 14.8. The van der Waals surface area contributed by atoms with E-state index >= 15 is 0 Å². The molecule has 1 atom stereocenters. The molecule has 1 aromatic carbocycles. The molecule has 0 unspecified atom stereocenters. The Morgan fingerprint density at radius 2 is 1.36 bits per heavy atom. The monoisotopic (exact) mass is 309 g/mol. The van der Waals surface area contributed by atoms with Crippen LogP contribution in [0, 0.1) is 5.92 Å². The van der Waals surface area contributed by atoms with Crippen molar-refractivity contribution in [1.29, 1.82) is 0 Å². The lowest BCUT2D eigenvalue weighted by atomic mass is 9.96. The molecule has 0 saturated heterocycles. The van der Waals surface area contributed by atoms with Crippen LogP contribution in [0.25, 0.3) is 0 Å². The molecule has 0 aliphatic heterocycles. The Hall–Kier alpha value is -1.64. The number of carbonyl (C=O) groups is 2. The molecule has 1 rings (SSSR count). The Kier molecular flexibility index (Phi) is 22.3. The van der Waals surface area contributed by atoms with Crippen molar-refractivity contribution >= 4 is 11.7 Å². The van der Waals surface area contributed by atoms with Crippen LogP contribution in [0.2, 0.25) is 0 Å². The van der Waals surface area contributed by atoms with Crippen LogP contribution in [0.1, 0.15) is 61.0 Å². The molecule has 1 amide bonds. The molecule has 3 heteroatoms. The largest absolute Gasteiger partial charge is 0.356 e. The van der Waals surface area contributed by atoms with Crippen molar-refractivity contribution in [3.8, 4) is 0 Å². The van der Waals surface area contributed by atoms with E-state index in [4.69, 9.17) is 0 Å². The van der Waals surface area contributed by atoms with Crippen LogP contribution in [0.15, 0.2) is 30.3 Å². The van der Waals surface area contributed by atoms with Gasteiger partial charge in [-0.3, -0.25) is 9.59 Å². The number of ketones is 1. The molecule has 1 aromatic rings. The highest BCUT2D eigenvalue weighted by Gasteiger charge is 2.14. The van der Waals surface area contributed by atoms with E-state index in [1.165, 1.54) is 6.92 Å². The maximum absolute atomic E-state index is 11.4. The average Bonchev–Trinajstić information content (AvgIpc) is 2.57. The zero-order chi connectivity index (χ0) is 18.0. The summed E-state index contributed by atoms with van der Waals surface area (Å²) in [6.45, 7) is 15.4. The van der Waals surface area contributed by atoms with E-state index in [2.05, 4.69) is 5.32 Å². The predicted octanol–water partition coefficient (Wildman–Crippen LogP) is 4.65. The number of nitrogens with one attached hydrogen (secondary N) is 1. The third-order valence-electron chi connectivity index (χ3n) is 2.50. The van der Waals surface area contributed by atoms with Crippen molar-refractivity contribution in [2.45, 2.75) is 61.8 Å². The smallest absolute Gasteiger partial charge is 0.216 e. The third-order valence-corrected chi connectivity index (χ3v) is 2.50. The van der Waals surface area contributed by atoms with E-state index in [-0.39, 0.29) is 17.6 Å². The highest BCUT2D eigenvalue weighted by molar-refractivity contribution is 5.80. The Morgan fingerprint density at radius 1 is 0.909 bits per heavy atom. The van der Waals surface area contributed by atoms with Crippen LogP contribution in [0.5, 0.6) is 0 Å². The Bertz CT molecular complexity index is 361. The molecule has 0 aromatic heterocycles. The summed E-state index contributed by atoms with van der Waals surface area (Å²) in [7, 11) is 0. The molecule has 0 aliphatic carbocycles. The van der Waals surface area contributed by atoms with Crippen LogP contribution in [-0.4, -0.2) is 18.2 Å². The minimum atomic E-state index is -0.133. The summed E-state index contributed by atoms with van der Waals surface area (Å²) in [5.74, 6) is -0.122. The number of hydrogen-bond acceptors (Lipinski definition) is 2. The zero-order valence-electron chi connectivity index (χ0n) is 15.7. The van der Waals surface area contributed by atoms with Crippen molar-refractivity contribution in [2.24, 2.45) is 5.92 Å². The molecule has 0 spiro atoms. The Morgan fingerprint density at radius 3 is 1.73 bits per heavy atom. The predicted molar refractivity (Wildman–Crippen MR) is 97.0 cm³/mol. The summed E-state index contributed by atoms with van der Waals surface area (Å²) in [4.78, 5) is 22.2. The molecular weight excluding hydrogens is 274 g/mol. The molecule has 3 nitrogen and oxygen atoms in total. The first-order valence-electron chi connectivity index (χ1n) is 8.38. The maximum Gasteiger partial charge on any atom is 0.216 e. The lowest BCUT2D eigenvalue weighted by molar-refractivity contribution is -0.121. The van der Waals surface area contributed by atoms with E-state index in [0.717, 1.165) is 5.56 Å². The van der Waals surface area contributed by atoms with E-state index in [0.29, 0.717) is 13.0 Å². The molecule has 0 aliphatic rings. The summed E-state index contributed by atoms with van der Waals surface area (Å²) in [6.07, 6.45) is 0.677. The van der Waals surface area contributed by atoms with Gasteiger partial charge in [0.25, 0.3) is 0 Å². The summed E-state index contributed by atoms with van der Waals surface area (Å²) in [5.41, 5.74) is 1.12. The number of Topliss-reactive ketones (excluding diaryl/α,β-unsaturated/α-hetero) is 1. The molecule has 128 valence electrons. The van der Waals surface area contributed by atoms with Crippen molar-refractivity contribution in [3.63, 3.8) is 0 Å². The fourth-order valence-electron chi connectivity index (χ4n) is 1.53. The van der Waals surface area contributed by atoms with Crippen LogP contribution in [-0.2, 0) is 16.0 Å². The van der Waals surface area contributed by atoms with E-state index in [1.54, 1.807) is 6.92 Å². The highest BCUT2D eigenvalue weighted by atomic mass is 16.1. The molecule has 0 bridgehead atoms. The van der Waals surface area contributed by atoms with E-state index < -0.39 is 0 Å². The maximum atomic E-state index is 11.4. The molecule has 0 saturated carbocycles. The lowest BCUT2D eigenvalue weighted by Crippen LogP contribution is -2.31. The molecule has 0 heterocycles. The fourth-order valence-corrected chi connectivity index (χ4v) is 1.53. The Labute approximate surface area is 137 Å². The minimum absolute atomic E-state index is 0.0979. The average molecular weight is 309 g/mol. The van der Waals surface area contributed by atoms with Crippen LogP contribution >= 0.6 is 0 Å². The van der Waals surface area contributed by atoms with Crippen molar-refractivity contribution in [3.05, 3.63) is 35.9 Å². The van der Waals surface area contributed by atoms with E-state index in [1.807, 2.05) is 71.9 Å². The number of carbonyl (C=O) groups excluding carboxylic acids is 2. The normalized spacial score (nSPS) is 9.45. The van der Waals surface area contributed by atoms with Crippen molar-refractivity contribution < 1.29 is 9.59 Å². The van der Waals surface area contributed by atoms with Crippen molar-refractivity contribution in [2.75, 3.05) is 6.54 Å². The van der Waals surface area contributed by atoms with E-state index in [9.17, 15) is 9.59 Å². The first-order valence-corrected chi connectivity index (χ1v) is 8.38. The first-order chi connectivity index (χ1) is 10.6. The summed E-state index contributed by atoms with van der Waals surface area (Å²) >= 11 is 0. The topological polar surface area (TPSA) is 46.2 Å². The second-order valence-electron chi connectivity index (χ2n) is 3.93. The van der Waals surface area contributed by atoms with Gasteiger partial charge in [-0.1, -0.05) is 71.9 Å². The van der Waals surface area contributed by atoms with Gasteiger partial charge in [-0.25, -0.2) is 0 Å². The molecule has 22 heavy (non-hydrogen) atoms. The van der Waals surface area contributed by atoms with Gasteiger partial charge in [0.05, 0.1) is 0 Å². The molecular formula is C19H35NO2. The van der Waals surface area contributed by atoms with Gasteiger partial charge in [0.1, 0.15) is 5.78 Å². The van der Waals surface area contributed by atoms with Gasteiger partial charge in [-0.05, 0) is 18.9 Å². The Balaban J connectivity index is -0.000000535. The number of amides is 1. The zero-order valence-corrected chi connectivity index (χ0v) is 15.7. The quantitative estimate of drug-likeness (QED) is 0.860. The van der Waals surface area contributed by atoms with Gasteiger partial charge in [0.2, 0.25) is 5.91 Å². The first kappa shape index (κ1) is 25.3. The SMILES string of the molecule is CC.CC.CC.CC(=O)NC[C@@H](Cc1ccccc1)C(C)=O. The minimum Gasteiger partial charge on any atom is -0.356 e. The second-order valence-corrected chi connectivity index (χ2v) is 3.93. The number of rotatable bonds is 5. The number of hydrogen-bond donors (Lipinski definition) is 1. The van der Waals surface area contributed by atoms with Gasteiger partial charge in [0, 0.05) is 19.4 Å². The standard InChI is InChI=1S/C13H17NO2.3C2H6/c1-10(15)13(9-14-11(2)16)8-12-6-4-3-5-7-12;3*1-2/h3-7,13H,8-9H2,1-2H3,(H,14,16);3*1-2H3/t13-;;;/m1.../s1. The molecule has 0 fully saturated rings. The van der Waals surface area contributed by atoms with Gasteiger partial charge in [-0.2, -0.15) is 0 Å². The summed E-state index contributed by atoms with van der Waals surface area (Å²) in [6, 6.07) is 9.82. The van der Waals surface area contributed by atoms with Crippen molar-refractivity contribution in [1.82, 2.24) is 5.32 Å². The fraction of sp³-hybridized carbons (Fsp3) is 0.579. The van der Waals surface area contributed by atoms with Crippen LogP contribution in [0.4, 0.5) is 0 Å². The lowest BCUT2D eigenvalue weighted by Gasteiger charge is -2.13. The molecule has 1 N–H and O–H groups in total. The summed E-state index contributed by atoms with van der Waals surface area (Å²) in [5, 5.41) is 2.69. The van der Waals surface area contributed by atoms with Gasteiger partial charge in [-0.15, -0.1) is 0 Å². The van der Waals surface area contributed by atoms with Crippen LogP contribution in [0.3, 0.4) is 0 Å².